The number of sulfonamides is 1. The lowest BCUT2D eigenvalue weighted by Gasteiger charge is -2.05. The highest BCUT2D eigenvalue weighted by molar-refractivity contribution is 7.89. The standard InChI is InChI=1S/C14H18N2O3S/c1-12-10-14(16-19-12)11-15-20(17,18)9-5-8-13-6-3-2-4-7-13/h2-4,6-7,10,15H,5,8-9,11H2,1H3. The number of rotatable bonds is 7. The van der Waals surface area contributed by atoms with Crippen LogP contribution in [0.5, 0.6) is 0 Å². The van der Waals surface area contributed by atoms with Gasteiger partial charge in [-0.05, 0) is 25.3 Å². The number of nitrogens with zero attached hydrogens (tertiary/aromatic N) is 1. The van der Waals surface area contributed by atoms with E-state index in [-0.39, 0.29) is 12.3 Å². The minimum absolute atomic E-state index is 0.110. The fraction of sp³-hybridized carbons (Fsp3) is 0.357. The third-order valence-electron chi connectivity index (χ3n) is 2.87. The Bertz CT molecular complexity index is 635. The summed E-state index contributed by atoms with van der Waals surface area (Å²) >= 11 is 0. The highest BCUT2D eigenvalue weighted by Gasteiger charge is 2.11. The van der Waals surface area contributed by atoms with Crippen LogP contribution in [0, 0.1) is 6.92 Å². The predicted molar refractivity (Wildman–Crippen MR) is 76.6 cm³/mol. The average molecular weight is 294 g/mol. The third kappa shape index (κ3) is 4.79. The summed E-state index contributed by atoms with van der Waals surface area (Å²) in [6, 6.07) is 11.6. The number of hydrogen-bond donors (Lipinski definition) is 1. The molecule has 0 atom stereocenters. The molecule has 0 unspecified atom stereocenters. The molecule has 0 bridgehead atoms. The zero-order valence-electron chi connectivity index (χ0n) is 11.4. The van der Waals surface area contributed by atoms with Crippen LogP contribution in [0.2, 0.25) is 0 Å². The smallest absolute Gasteiger partial charge is 0.211 e. The molecule has 6 heteroatoms. The van der Waals surface area contributed by atoms with E-state index < -0.39 is 10.0 Å². The summed E-state index contributed by atoms with van der Waals surface area (Å²) in [4.78, 5) is 0. The van der Waals surface area contributed by atoms with Crippen molar-refractivity contribution in [2.45, 2.75) is 26.3 Å². The van der Waals surface area contributed by atoms with Crippen molar-refractivity contribution < 1.29 is 12.9 Å². The predicted octanol–water partition coefficient (Wildman–Crippen LogP) is 2.04. The monoisotopic (exact) mass is 294 g/mol. The zero-order chi connectivity index (χ0) is 14.4. The summed E-state index contributed by atoms with van der Waals surface area (Å²) in [6.07, 6.45) is 1.35. The molecule has 2 aromatic rings. The summed E-state index contributed by atoms with van der Waals surface area (Å²) in [7, 11) is -3.27. The van der Waals surface area contributed by atoms with Crippen LogP contribution in [0.1, 0.15) is 23.4 Å². The number of nitrogens with one attached hydrogen (secondary N) is 1. The summed E-state index contributed by atoms with van der Waals surface area (Å²) < 4.78 is 31.1. The van der Waals surface area contributed by atoms with E-state index in [0.717, 1.165) is 12.0 Å². The van der Waals surface area contributed by atoms with Crippen LogP contribution in [0.3, 0.4) is 0 Å². The van der Waals surface area contributed by atoms with Crippen LogP contribution in [0.4, 0.5) is 0 Å². The summed E-state index contributed by atoms with van der Waals surface area (Å²) in [5.74, 6) is 0.780. The van der Waals surface area contributed by atoms with Crippen LogP contribution in [-0.4, -0.2) is 19.3 Å². The number of aryl methyl sites for hydroxylation is 2. The molecule has 2 rings (SSSR count). The molecule has 0 saturated carbocycles. The van der Waals surface area contributed by atoms with Gasteiger partial charge in [0.15, 0.2) is 0 Å². The van der Waals surface area contributed by atoms with Gasteiger partial charge in [-0.3, -0.25) is 0 Å². The molecule has 1 aromatic heterocycles. The Morgan fingerprint density at radius 2 is 2.00 bits per heavy atom. The van der Waals surface area contributed by atoms with Gasteiger partial charge < -0.3 is 4.52 Å². The van der Waals surface area contributed by atoms with Gasteiger partial charge >= 0.3 is 0 Å². The van der Waals surface area contributed by atoms with E-state index in [1.54, 1.807) is 13.0 Å². The van der Waals surface area contributed by atoms with Crippen molar-refractivity contribution in [1.82, 2.24) is 9.88 Å². The molecule has 0 amide bonds. The SMILES string of the molecule is Cc1cc(CNS(=O)(=O)CCCc2ccccc2)no1. The lowest BCUT2D eigenvalue weighted by Crippen LogP contribution is -2.26. The molecule has 5 nitrogen and oxygen atoms in total. The Hall–Kier alpha value is -1.66. The highest BCUT2D eigenvalue weighted by atomic mass is 32.2. The molecule has 0 aliphatic rings. The van der Waals surface area contributed by atoms with Crippen LogP contribution < -0.4 is 4.72 Å². The van der Waals surface area contributed by atoms with E-state index in [9.17, 15) is 8.42 Å². The molecule has 0 aliphatic heterocycles. The molecular weight excluding hydrogens is 276 g/mol. The minimum Gasteiger partial charge on any atom is -0.361 e. The van der Waals surface area contributed by atoms with Crippen molar-refractivity contribution >= 4 is 10.0 Å². The summed E-state index contributed by atoms with van der Waals surface area (Å²) in [5.41, 5.74) is 1.74. The van der Waals surface area contributed by atoms with Gasteiger partial charge in [-0.25, -0.2) is 13.1 Å². The van der Waals surface area contributed by atoms with E-state index in [1.165, 1.54) is 0 Å². The minimum atomic E-state index is -3.27. The topological polar surface area (TPSA) is 72.2 Å². The number of aromatic nitrogens is 1. The van der Waals surface area contributed by atoms with E-state index >= 15 is 0 Å². The molecular formula is C14H18N2O3S. The van der Waals surface area contributed by atoms with E-state index in [2.05, 4.69) is 9.88 Å². The van der Waals surface area contributed by atoms with Gasteiger partial charge in [0.25, 0.3) is 0 Å². The second-order valence-corrected chi connectivity index (χ2v) is 6.58. The quantitative estimate of drug-likeness (QED) is 0.848. The Labute approximate surface area is 119 Å². The molecule has 0 fully saturated rings. The Morgan fingerprint density at radius 1 is 1.25 bits per heavy atom. The van der Waals surface area contributed by atoms with Crippen molar-refractivity contribution in [2.75, 3.05) is 5.75 Å². The van der Waals surface area contributed by atoms with E-state index in [0.29, 0.717) is 17.9 Å². The van der Waals surface area contributed by atoms with Gasteiger partial charge in [0.05, 0.1) is 18.0 Å². The van der Waals surface area contributed by atoms with Crippen molar-refractivity contribution in [3.63, 3.8) is 0 Å². The van der Waals surface area contributed by atoms with Crippen molar-refractivity contribution in [2.24, 2.45) is 0 Å². The van der Waals surface area contributed by atoms with Crippen molar-refractivity contribution in [1.29, 1.82) is 0 Å². The number of hydrogen-bond acceptors (Lipinski definition) is 4. The average Bonchev–Trinajstić information content (AvgIpc) is 2.84. The van der Waals surface area contributed by atoms with Crippen LogP contribution >= 0.6 is 0 Å². The third-order valence-corrected chi connectivity index (χ3v) is 4.28. The molecule has 0 aliphatic carbocycles. The maximum Gasteiger partial charge on any atom is 0.211 e. The molecule has 1 heterocycles. The first-order valence-corrected chi connectivity index (χ1v) is 8.14. The van der Waals surface area contributed by atoms with Gasteiger partial charge in [0, 0.05) is 6.07 Å². The molecule has 20 heavy (non-hydrogen) atoms. The van der Waals surface area contributed by atoms with Gasteiger partial charge in [0.2, 0.25) is 10.0 Å². The van der Waals surface area contributed by atoms with Gasteiger partial charge in [0.1, 0.15) is 5.76 Å². The largest absolute Gasteiger partial charge is 0.361 e. The molecule has 1 N–H and O–H groups in total. The molecule has 108 valence electrons. The zero-order valence-corrected chi connectivity index (χ0v) is 12.2. The maximum atomic E-state index is 11.8. The lowest BCUT2D eigenvalue weighted by molar-refractivity contribution is 0.390. The van der Waals surface area contributed by atoms with Crippen molar-refractivity contribution in [3.05, 3.63) is 53.4 Å². The molecule has 0 saturated heterocycles. The van der Waals surface area contributed by atoms with Crippen molar-refractivity contribution in [3.8, 4) is 0 Å². The molecule has 0 spiro atoms. The normalized spacial score (nSPS) is 11.7. The Morgan fingerprint density at radius 3 is 2.65 bits per heavy atom. The Kier molecular flexibility index (Phi) is 4.92. The van der Waals surface area contributed by atoms with Crippen LogP contribution in [0.25, 0.3) is 0 Å². The van der Waals surface area contributed by atoms with Gasteiger partial charge in [-0.1, -0.05) is 35.5 Å². The Balaban J connectivity index is 1.76. The van der Waals surface area contributed by atoms with Crippen LogP contribution in [-0.2, 0) is 23.0 Å². The number of benzene rings is 1. The first kappa shape index (κ1) is 14.7. The second-order valence-electron chi connectivity index (χ2n) is 4.66. The lowest BCUT2D eigenvalue weighted by atomic mass is 10.1. The fourth-order valence-electron chi connectivity index (χ4n) is 1.87. The van der Waals surface area contributed by atoms with E-state index in [4.69, 9.17) is 4.52 Å². The maximum absolute atomic E-state index is 11.8. The first-order chi connectivity index (χ1) is 9.55. The first-order valence-electron chi connectivity index (χ1n) is 6.49. The van der Waals surface area contributed by atoms with E-state index in [1.807, 2.05) is 30.3 Å². The van der Waals surface area contributed by atoms with Gasteiger partial charge in [-0.2, -0.15) is 0 Å². The summed E-state index contributed by atoms with van der Waals surface area (Å²) in [6.45, 7) is 1.94. The second kappa shape index (κ2) is 6.67. The molecule has 1 aromatic carbocycles. The highest BCUT2D eigenvalue weighted by Crippen LogP contribution is 2.05. The van der Waals surface area contributed by atoms with Crippen LogP contribution in [0.15, 0.2) is 40.9 Å². The summed E-state index contributed by atoms with van der Waals surface area (Å²) in [5, 5.41) is 3.74. The fourth-order valence-corrected chi connectivity index (χ4v) is 2.90. The van der Waals surface area contributed by atoms with Gasteiger partial charge in [-0.15, -0.1) is 0 Å². The molecule has 0 radical (unpaired) electrons.